The highest BCUT2D eigenvalue weighted by Gasteiger charge is 2.29. The predicted octanol–water partition coefficient (Wildman–Crippen LogP) is 3.32. The summed E-state index contributed by atoms with van der Waals surface area (Å²) in [6.07, 6.45) is 0.222. The van der Waals surface area contributed by atoms with Crippen LogP contribution in [-0.2, 0) is 26.2 Å². The Morgan fingerprint density at radius 3 is 2.17 bits per heavy atom. The maximum absolute atomic E-state index is 12.6. The van der Waals surface area contributed by atoms with Crippen LogP contribution in [0.15, 0.2) is 54.6 Å². The molecule has 0 aliphatic carbocycles. The van der Waals surface area contributed by atoms with E-state index in [1.54, 1.807) is 12.1 Å². The van der Waals surface area contributed by atoms with Crippen LogP contribution in [0.4, 0.5) is 5.69 Å². The van der Waals surface area contributed by atoms with Gasteiger partial charge >= 0.3 is 5.97 Å². The molecule has 0 atom stereocenters. The molecule has 0 aliphatic rings. The molecule has 4 nitrogen and oxygen atoms in total. The van der Waals surface area contributed by atoms with E-state index < -0.39 is 5.41 Å². The van der Waals surface area contributed by atoms with Gasteiger partial charge in [-0.25, -0.2) is 0 Å². The van der Waals surface area contributed by atoms with Gasteiger partial charge in [-0.2, -0.15) is 0 Å². The third-order valence-electron chi connectivity index (χ3n) is 3.85. The average Bonchev–Trinajstić information content (AvgIpc) is 2.57. The minimum atomic E-state index is -0.633. The van der Waals surface area contributed by atoms with Crippen LogP contribution in [-0.4, -0.2) is 19.0 Å². The van der Waals surface area contributed by atoms with Gasteiger partial charge in [0.25, 0.3) is 0 Å². The topological polar surface area (TPSA) is 55.4 Å². The number of anilines is 1. The molecular formula is C19H21NO3. The minimum absolute atomic E-state index is 0.0792. The van der Waals surface area contributed by atoms with Crippen molar-refractivity contribution in [2.75, 3.05) is 12.4 Å². The first-order valence-corrected chi connectivity index (χ1v) is 7.46. The summed E-state index contributed by atoms with van der Waals surface area (Å²) in [7, 11) is 1.36. The van der Waals surface area contributed by atoms with E-state index in [0.717, 1.165) is 11.1 Å². The number of esters is 1. The first-order chi connectivity index (χ1) is 10.9. The van der Waals surface area contributed by atoms with Gasteiger partial charge in [0.15, 0.2) is 0 Å². The fourth-order valence-electron chi connectivity index (χ4n) is 2.22. The summed E-state index contributed by atoms with van der Waals surface area (Å²) in [5.74, 6) is -0.364. The van der Waals surface area contributed by atoms with Crippen molar-refractivity contribution in [3.63, 3.8) is 0 Å². The Morgan fingerprint density at radius 1 is 1.00 bits per heavy atom. The van der Waals surface area contributed by atoms with Crippen molar-refractivity contribution in [3.05, 3.63) is 65.7 Å². The number of benzene rings is 2. The SMILES string of the molecule is COC(=O)Cc1ccc(NC(=O)C(C)(C)c2ccccc2)cc1. The van der Waals surface area contributed by atoms with Crippen LogP contribution in [0.1, 0.15) is 25.0 Å². The Bertz CT molecular complexity index is 676. The molecule has 1 N–H and O–H groups in total. The van der Waals surface area contributed by atoms with Crippen molar-refractivity contribution < 1.29 is 14.3 Å². The van der Waals surface area contributed by atoms with E-state index in [2.05, 4.69) is 10.1 Å². The quantitative estimate of drug-likeness (QED) is 0.862. The second kappa shape index (κ2) is 7.09. The lowest BCUT2D eigenvalue weighted by Crippen LogP contribution is -2.34. The van der Waals surface area contributed by atoms with Crippen molar-refractivity contribution >= 4 is 17.6 Å². The first kappa shape index (κ1) is 16.7. The van der Waals surface area contributed by atoms with Crippen LogP contribution in [0.2, 0.25) is 0 Å². The lowest BCUT2D eigenvalue weighted by molar-refractivity contribution is -0.139. The van der Waals surface area contributed by atoms with Gasteiger partial charge in [-0.3, -0.25) is 9.59 Å². The molecule has 0 radical (unpaired) electrons. The number of nitrogens with one attached hydrogen (secondary N) is 1. The van der Waals surface area contributed by atoms with Crippen molar-refractivity contribution in [1.82, 2.24) is 0 Å². The molecule has 0 unspecified atom stereocenters. The van der Waals surface area contributed by atoms with Crippen LogP contribution in [0.25, 0.3) is 0 Å². The van der Waals surface area contributed by atoms with E-state index in [1.807, 2.05) is 56.3 Å². The number of carbonyl (C=O) groups excluding carboxylic acids is 2. The molecule has 0 bridgehead atoms. The molecule has 4 heteroatoms. The minimum Gasteiger partial charge on any atom is -0.469 e. The van der Waals surface area contributed by atoms with Crippen LogP contribution in [0, 0.1) is 0 Å². The molecular weight excluding hydrogens is 290 g/mol. The first-order valence-electron chi connectivity index (χ1n) is 7.46. The van der Waals surface area contributed by atoms with Crippen LogP contribution in [0.3, 0.4) is 0 Å². The fraction of sp³-hybridized carbons (Fsp3) is 0.263. The Kier molecular flexibility index (Phi) is 5.16. The molecule has 23 heavy (non-hydrogen) atoms. The largest absolute Gasteiger partial charge is 0.469 e. The fourth-order valence-corrected chi connectivity index (χ4v) is 2.22. The van der Waals surface area contributed by atoms with E-state index in [1.165, 1.54) is 7.11 Å². The summed E-state index contributed by atoms with van der Waals surface area (Å²) in [5, 5.41) is 2.92. The smallest absolute Gasteiger partial charge is 0.309 e. The zero-order valence-electron chi connectivity index (χ0n) is 13.6. The van der Waals surface area contributed by atoms with Gasteiger partial charge in [0.05, 0.1) is 18.9 Å². The predicted molar refractivity (Wildman–Crippen MR) is 90.3 cm³/mol. The van der Waals surface area contributed by atoms with Crippen molar-refractivity contribution in [2.45, 2.75) is 25.7 Å². The van der Waals surface area contributed by atoms with Crippen molar-refractivity contribution in [3.8, 4) is 0 Å². The van der Waals surface area contributed by atoms with E-state index in [0.29, 0.717) is 5.69 Å². The molecule has 2 rings (SSSR count). The normalized spacial score (nSPS) is 10.9. The van der Waals surface area contributed by atoms with Gasteiger partial charge in [-0.15, -0.1) is 0 Å². The molecule has 0 aromatic heterocycles. The number of amides is 1. The number of carbonyl (C=O) groups is 2. The Balaban J connectivity index is 2.07. The summed E-state index contributed by atoms with van der Waals surface area (Å²) >= 11 is 0. The second-order valence-corrected chi connectivity index (χ2v) is 5.89. The monoisotopic (exact) mass is 311 g/mol. The molecule has 0 aliphatic heterocycles. The zero-order chi connectivity index (χ0) is 16.9. The molecule has 2 aromatic carbocycles. The van der Waals surface area contributed by atoms with Crippen LogP contribution in [0.5, 0.6) is 0 Å². The van der Waals surface area contributed by atoms with E-state index >= 15 is 0 Å². The number of methoxy groups -OCH3 is 1. The van der Waals surface area contributed by atoms with Gasteiger partial charge in [-0.05, 0) is 37.1 Å². The summed E-state index contributed by atoms with van der Waals surface area (Å²) in [5.41, 5.74) is 1.87. The van der Waals surface area contributed by atoms with Gasteiger partial charge in [-0.1, -0.05) is 42.5 Å². The molecule has 0 saturated heterocycles. The second-order valence-electron chi connectivity index (χ2n) is 5.89. The van der Waals surface area contributed by atoms with E-state index in [4.69, 9.17) is 0 Å². The third-order valence-corrected chi connectivity index (χ3v) is 3.85. The molecule has 2 aromatic rings. The molecule has 0 heterocycles. The molecule has 120 valence electrons. The summed E-state index contributed by atoms with van der Waals surface area (Å²) in [4.78, 5) is 23.8. The lowest BCUT2D eigenvalue weighted by atomic mass is 9.83. The Hall–Kier alpha value is -2.62. The Labute approximate surface area is 136 Å². The van der Waals surface area contributed by atoms with Gasteiger partial charge in [0, 0.05) is 5.69 Å². The molecule has 0 saturated carbocycles. The van der Waals surface area contributed by atoms with Gasteiger partial charge in [0.1, 0.15) is 0 Å². The standard InChI is InChI=1S/C19H21NO3/c1-19(2,15-7-5-4-6-8-15)18(22)20-16-11-9-14(10-12-16)13-17(21)23-3/h4-12H,13H2,1-3H3,(H,20,22). The van der Waals surface area contributed by atoms with E-state index in [-0.39, 0.29) is 18.3 Å². The number of rotatable bonds is 5. The number of hydrogen-bond acceptors (Lipinski definition) is 3. The highest BCUT2D eigenvalue weighted by molar-refractivity contribution is 5.98. The van der Waals surface area contributed by atoms with E-state index in [9.17, 15) is 9.59 Å². The zero-order valence-corrected chi connectivity index (χ0v) is 13.6. The highest BCUT2D eigenvalue weighted by Crippen LogP contribution is 2.25. The molecule has 0 fully saturated rings. The molecule has 1 amide bonds. The maximum atomic E-state index is 12.6. The Morgan fingerprint density at radius 2 is 1.61 bits per heavy atom. The maximum Gasteiger partial charge on any atom is 0.309 e. The summed E-state index contributed by atoms with van der Waals surface area (Å²) in [6.45, 7) is 3.78. The highest BCUT2D eigenvalue weighted by atomic mass is 16.5. The number of hydrogen-bond donors (Lipinski definition) is 1. The molecule has 0 spiro atoms. The lowest BCUT2D eigenvalue weighted by Gasteiger charge is -2.24. The van der Waals surface area contributed by atoms with Gasteiger partial charge < -0.3 is 10.1 Å². The van der Waals surface area contributed by atoms with Gasteiger partial charge in [0.2, 0.25) is 5.91 Å². The van der Waals surface area contributed by atoms with Crippen molar-refractivity contribution in [2.24, 2.45) is 0 Å². The van der Waals surface area contributed by atoms with Crippen LogP contribution >= 0.6 is 0 Å². The summed E-state index contributed by atoms with van der Waals surface area (Å²) in [6, 6.07) is 16.9. The van der Waals surface area contributed by atoms with Crippen molar-refractivity contribution in [1.29, 1.82) is 0 Å². The average molecular weight is 311 g/mol. The third kappa shape index (κ3) is 4.19. The van der Waals surface area contributed by atoms with Crippen LogP contribution < -0.4 is 5.32 Å². The number of ether oxygens (including phenoxy) is 1. The summed E-state index contributed by atoms with van der Waals surface area (Å²) < 4.78 is 4.63.